The molecule has 1 N–H and O–H groups in total. The van der Waals surface area contributed by atoms with Gasteiger partial charge in [-0.2, -0.15) is 0 Å². The summed E-state index contributed by atoms with van der Waals surface area (Å²) < 4.78 is 5.63. The van der Waals surface area contributed by atoms with Gasteiger partial charge in [0.2, 0.25) is 0 Å². The molecule has 0 aromatic heterocycles. The van der Waals surface area contributed by atoms with Gasteiger partial charge >= 0.3 is 0 Å². The molecule has 0 radical (unpaired) electrons. The van der Waals surface area contributed by atoms with E-state index in [1.807, 2.05) is 0 Å². The second kappa shape index (κ2) is 5.31. The van der Waals surface area contributed by atoms with Crippen molar-refractivity contribution in [3.05, 3.63) is 0 Å². The van der Waals surface area contributed by atoms with E-state index in [1.54, 1.807) is 0 Å². The van der Waals surface area contributed by atoms with E-state index in [4.69, 9.17) is 4.74 Å². The van der Waals surface area contributed by atoms with Gasteiger partial charge in [-0.1, -0.05) is 13.8 Å². The van der Waals surface area contributed by atoms with Gasteiger partial charge in [-0.05, 0) is 50.5 Å². The maximum Gasteiger partial charge on any atom is 0.0588 e. The SMILES string of the molecule is CC1CCC(NCCC2CCCO2)C1C. The zero-order valence-corrected chi connectivity index (χ0v) is 10.2. The Hall–Kier alpha value is -0.0800. The fourth-order valence-electron chi connectivity index (χ4n) is 2.95. The molecule has 1 aliphatic heterocycles. The van der Waals surface area contributed by atoms with Crippen molar-refractivity contribution in [1.82, 2.24) is 5.32 Å². The third-order valence-corrected chi connectivity index (χ3v) is 4.36. The van der Waals surface area contributed by atoms with Crippen LogP contribution in [-0.2, 0) is 4.74 Å². The van der Waals surface area contributed by atoms with Crippen LogP contribution in [0, 0.1) is 11.8 Å². The number of ether oxygens (including phenoxy) is 1. The Labute approximate surface area is 93.8 Å². The lowest BCUT2D eigenvalue weighted by Gasteiger charge is -2.20. The first-order chi connectivity index (χ1) is 7.27. The molecular weight excluding hydrogens is 186 g/mol. The van der Waals surface area contributed by atoms with Gasteiger partial charge in [0, 0.05) is 12.6 Å². The van der Waals surface area contributed by atoms with E-state index >= 15 is 0 Å². The van der Waals surface area contributed by atoms with Crippen molar-refractivity contribution in [3.63, 3.8) is 0 Å². The summed E-state index contributed by atoms with van der Waals surface area (Å²) in [6.45, 7) is 6.90. The van der Waals surface area contributed by atoms with Crippen molar-refractivity contribution in [2.75, 3.05) is 13.2 Å². The van der Waals surface area contributed by atoms with Gasteiger partial charge in [0.25, 0.3) is 0 Å². The first-order valence-corrected chi connectivity index (χ1v) is 6.62. The van der Waals surface area contributed by atoms with Crippen LogP contribution in [0.15, 0.2) is 0 Å². The summed E-state index contributed by atoms with van der Waals surface area (Å²) in [5.41, 5.74) is 0. The molecule has 2 nitrogen and oxygen atoms in total. The van der Waals surface area contributed by atoms with Gasteiger partial charge in [-0.15, -0.1) is 0 Å². The molecule has 2 fully saturated rings. The molecule has 4 atom stereocenters. The molecule has 2 aliphatic rings. The molecule has 1 aliphatic carbocycles. The Morgan fingerprint density at radius 2 is 2.07 bits per heavy atom. The van der Waals surface area contributed by atoms with Crippen LogP contribution in [0.5, 0.6) is 0 Å². The molecule has 0 amide bonds. The summed E-state index contributed by atoms with van der Waals surface area (Å²) in [6, 6.07) is 0.765. The van der Waals surface area contributed by atoms with Crippen LogP contribution >= 0.6 is 0 Å². The maximum atomic E-state index is 5.63. The summed E-state index contributed by atoms with van der Waals surface area (Å²) >= 11 is 0. The average molecular weight is 211 g/mol. The largest absolute Gasteiger partial charge is 0.378 e. The molecule has 15 heavy (non-hydrogen) atoms. The molecular formula is C13H25NO. The Morgan fingerprint density at radius 3 is 2.67 bits per heavy atom. The van der Waals surface area contributed by atoms with Crippen molar-refractivity contribution in [2.45, 2.75) is 58.1 Å². The average Bonchev–Trinajstić information content (AvgIpc) is 2.83. The molecule has 0 aromatic rings. The number of hydrogen-bond acceptors (Lipinski definition) is 2. The molecule has 88 valence electrons. The first kappa shape index (κ1) is 11.4. The Balaban J connectivity index is 1.61. The van der Waals surface area contributed by atoms with E-state index in [0.29, 0.717) is 6.10 Å². The second-order valence-electron chi connectivity index (χ2n) is 5.40. The summed E-state index contributed by atoms with van der Waals surface area (Å²) in [7, 11) is 0. The highest BCUT2D eigenvalue weighted by Crippen LogP contribution is 2.31. The van der Waals surface area contributed by atoms with Crippen LogP contribution in [0.3, 0.4) is 0 Å². The highest BCUT2D eigenvalue weighted by Gasteiger charge is 2.29. The van der Waals surface area contributed by atoms with E-state index in [2.05, 4.69) is 19.2 Å². The van der Waals surface area contributed by atoms with Crippen LogP contribution in [0.4, 0.5) is 0 Å². The topological polar surface area (TPSA) is 21.3 Å². The lowest BCUT2D eigenvalue weighted by Crippen LogP contribution is -2.34. The first-order valence-electron chi connectivity index (χ1n) is 6.62. The molecule has 2 rings (SSSR count). The fourth-order valence-corrected chi connectivity index (χ4v) is 2.95. The molecule has 1 heterocycles. The third kappa shape index (κ3) is 2.94. The van der Waals surface area contributed by atoms with Crippen molar-refractivity contribution >= 4 is 0 Å². The normalized spacial score (nSPS) is 41.2. The molecule has 1 saturated heterocycles. The Bertz CT molecular complexity index is 189. The summed E-state index contributed by atoms with van der Waals surface area (Å²) in [5.74, 6) is 1.76. The van der Waals surface area contributed by atoms with Crippen LogP contribution in [0.1, 0.15) is 46.0 Å². The number of rotatable bonds is 4. The van der Waals surface area contributed by atoms with E-state index in [9.17, 15) is 0 Å². The monoisotopic (exact) mass is 211 g/mol. The highest BCUT2D eigenvalue weighted by atomic mass is 16.5. The van der Waals surface area contributed by atoms with Gasteiger partial charge in [-0.3, -0.25) is 0 Å². The van der Waals surface area contributed by atoms with E-state index < -0.39 is 0 Å². The van der Waals surface area contributed by atoms with Crippen LogP contribution < -0.4 is 5.32 Å². The van der Waals surface area contributed by atoms with Gasteiger partial charge in [0.05, 0.1) is 6.10 Å². The van der Waals surface area contributed by atoms with Crippen LogP contribution in [-0.4, -0.2) is 25.3 Å². The lowest BCUT2D eigenvalue weighted by atomic mass is 9.98. The third-order valence-electron chi connectivity index (χ3n) is 4.36. The van der Waals surface area contributed by atoms with Gasteiger partial charge < -0.3 is 10.1 Å². The minimum Gasteiger partial charge on any atom is -0.378 e. The molecule has 1 saturated carbocycles. The zero-order valence-electron chi connectivity index (χ0n) is 10.2. The summed E-state index contributed by atoms with van der Waals surface area (Å²) in [5, 5.41) is 3.71. The lowest BCUT2D eigenvalue weighted by molar-refractivity contribution is 0.103. The smallest absolute Gasteiger partial charge is 0.0588 e. The Kier molecular flexibility index (Phi) is 4.04. The Morgan fingerprint density at radius 1 is 1.20 bits per heavy atom. The summed E-state index contributed by atoms with van der Waals surface area (Å²) in [4.78, 5) is 0. The van der Waals surface area contributed by atoms with Crippen molar-refractivity contribution < 1.29 is 4.74 Å². The van der Waals surface area contributed by atoms with Crippen molar-refractivity contribution in [1.29, 1.82) is 0 Å². The maximum absolute atomic E-state index is 5.63. The molecule has 0 spiro atoms. The minimum atomic E-state index is 0.548. The number of nitrogens with one attached hydrogen (secondary N) is 1. The molecule has 0 aromatic carbocycles. The van der Waals surface area contributed by atoms with Gasteiger partial charge in [0.15, 0.2) is 0 Å². The van der Waals surface area contributed by atoms with Gasteiger partial charge in [0.1, 0.15) is 0 Å². The standard InChI is InChI=1S/C13H25NO/c1-10-5-6-13(11(10)2)14-8-7-12-4-3-9-15-12/h10-14H,3-9H2,1-2H3. The van der Waals surface area contributed by atoms with E-state index in [-0.39, 0.29) is 0 Å². The minimum absolute atomic E-state index is 0.548. The molecule has 0 bridgehead atoms. The highest BCUT2D eigenvalue weighted by molar-refractivity contribution is 4.85. The van der Waals surface area contributed by atoms with E-state index in [0.717, 1.165) is 31.0 Å². The van der Waals surface area contributed by atoms with Crippen molar-refractivity contribution in [2.24, 2.45) is 11.8 Å². The number of hydrogen-bond donors (Lipinski definition) is 1. The van der Waals surface area contributed by atoms with E-state index in [1.165, 1.54) is 32.1 Å². The zero-order chi connectivity index (χ0) is 10.7. The predicted molar refractivity (Wildman–Crippen MR) is 62.9 cm³/mol. The fraction of sp³-hybridized carbons (Fsp3) is 1.00. The van der Waals surface area contributed by atoms with Crippen molar-refractivity contribution in [3.8, 4) is 0 Å². The second-order valence-corrected chi connectivity index (χ2v) is 5.40. The predicted octanol–water partition coefficient (Wildman–Crippen LogP) is 2.58. The molecule has 4 unspecified atom stereocenters. The van der Waals surface area contributed by atoms with Crippen LogP contribution in [0.2, 0.25) is 0 Å². The van der Waals surface area contributed by atoms with Gasteiger partial charge in [-0.25, -0.2) is 0 Å². The quantitative estimate of drug-likeness (QED) is 0.771. The molecule has 2 heteroatoms. The summed E-state index contributed by atoms with van der Waals surface area (Å²) in [6.07, 6.45) is 7.07. The van der Waals surface area contributed by atoms with Crippen LogP contribution in [0.25, 0.3) is 0 Å².